The van der Waals surface area contributed by atoms with E-state index in [-0.39, 0.29) is 5.91 Å². The van der Waals surface area contributed by atoms with E-state index >= 15 is 0 Å². The lowest BCUT2D eigenvalue weighted by atomic mass is 10.1. The summed E-state index contributed by atoms with van der Waals surface area (Å²) in [7, 11) is 0. The van der Waals surface area contributed by atoms with Crippen molar-refractivity contribution in [1.82, 2.24) is 9.97 Å². The zero-order valence-electron chi connectivity index (χ0n) is 16.8. The summed E-state index contributed by atoms with van der Waals surface area (Å²) < 4.78 is 0. The first-order chi connectivity index (χ1) is 14.1. The van der Waals surface area contributed by atoms with E-state index in [1.807, 2.05) is 38.1 Å². The van der Waals surface area contributed by atoms with Crippen molar-refractivity contribution >= 4 is 23.2 Å². The van der Waals surface area contributed by atoms with Gasteiger partial charge in [-0.3, -0.25) is 4.79 Å². The van der Waals surface area contributed by atoms with Crippen LogP contribution in [-0.2, 0) is 0 Å². The maximum atomic E-state index is 12.6. The van der Waals surface area contributed by atoms with E-state index in [4.69, 9.17) is 0 Å². The summed E-state index contributed by atoms with van der Waals surface area (Å²) in [6.45, 7) is 7.58. The fraction of sp³-hybridized carbons (Fsp3) is 0.261. The Balaban J connectivity index is 1.42. The SMILES string of the molecule is Cc1cc(C)cc(C(=O)Nc2cc(N3CCN(c4ccccc4)CC3)ncn2)c1. The molecule has 2 heterocycles. The van der Waals surface area contributed by atoms with Crippen molar-refractivity contribution in [2.24, 2.45) is 0 Å². The van der Waals surface area contributed by atoms with Crippen LogP contribution in [0.25, 0.3) is 0 Å². The van der Waals surface area contributed by atoms with Crippen LogP contribution < -0.4 is 15.1 Å². The first kappa shape index (κ1) is 18.9. The van der Waals surface area contributed by atoms with Crippen LogP contribution in [0.4, 0.5) is 17.3 Å². The van der Waals surface area contributed by atoms with E-state index in [0.29, 0.717) is 11.4 Å². The number of para-hydroxylation sites is 1. The lowest BCUT2D eigenvalue weighted by Crippen LogP contribution is -2.46. The molecular weight excluding hydrogens is 362 g/mol. The Bertz CT molecular complexity index is 977. The molecule has 0 atom stereocenters. The van der Waals surface area contributed by atoms with Gasteiger partial charge in [0, 0.05) is 43.5 Å². The van der Waals surface area contributed by atoms with E-state index < -0.39 is 0 Å². The number of piperazine rings is 1. The highest BCUT2D eigenvalue weighted by molar-refractivity contribution is 6.04. The van der Waals surface area contributed by atoms with Gasteiger partial charge in [0.25, 0.3) is 5.91 Å². The molecule has 1 amide bonds. The summed E-state index contributed by atoms with van der Waals surface area (Å²) in [4.78, 5) is 25.9. The molecule has 3 aromatic rings. The third-order valence-corrected chi connectivity index (χ3v) is 5.10. The summed E-state index contributed by atoms with van der Waals surface area (Å²) in [5.41, 5.74) is 4.01. The molecule has 1 N–H and O–H groups in total. The second-order valence-electron chi connectivity index (χ2n) is 7.40. The highest BCUT2D eigenvalue weighted by Gasteiger charge is 2.19. The van der Waals surface area contributed by atoms with Crippen LogP contribution in [0, 0.1) is 13.8 Å². The molecule has 0 saturated carbocycles. The Hall–Kier alpha value is -3.41. The number of hydrogen-bond acceptors (Lipinski definition) is 5. The molecule has 0 radical (unpaired) electrons. The molecule has 1 fully saturated rings. The lowest BCUT2D eigenvalue weighted by Gasteiger charge is -2.36. The second-order valence-corrected chi connectivity index (χ2v) is 7.40. The average Bonchev–Trinajstić information content (AvgIpc) is 2.74. The number of aromatic nitrogens is 2. The van der Waals surface area contributed by atoms with Crippen LogP contribution >= 0.6 is 0 Å². The smallest absolute Gasteiger partial charge is 0.256 e. The van der Waals surface area contributed by atoms with Gasteiger partial charge in [-0.05, 0) is 38.1 Å². The molecule has 1 aliphatic heterocycles. The maximum Gasteiger partial charge on any atom is 0.256 e. The number of carbonyl (C=O) groups excluding carboxylic acids is 1. The molecule has 0 bridgehead atoms. The second kappa shape index (κ2) is 8.31. The van der Waals surface area contributed by atoms with Gasteiger partial charge >= 0.3 is 0 Å². The molecule has 1 saturated heterocycles. The minimum absolute atomic E-state index is 0.157. The number of benzene rings is 2. The minimum Gasteiger partial charge on any atom is -0.368 e. The number of nitrogens with one attached hydrogen (secondary N) is 1. The van der Waals surface area contributed by atoms with Crippen molar-refractivity contribution in [3.63, 3.8) is 0 Å². The van der Waals surface area contributed by atoms with Crippen molar-refractivity contribution in [3.05, 3.63) is 77.6 Å². The quantitative estimate of drug-likeness (QED) is 0.740. The van der Waals surface area contributed by atoms with Gasteiger partial charge in [0.1, 0.15) is 18.0 Å². The van der Waals surface area contributed by atoms with Crippen molar-refractivity contribution in [2.75, 3.05) is 41.3 Å². The van der Waals surface area contributed by atoms with E-state index in [0.717, 1.165) is 43.1 Å². The first-order valence-corrected chi connectivity index (χ1v) is 9.85. The molecule has 0 aliphatic carbocycles. The summed E-state index contributed by atoms with van der Waals surface area (Å²) in [6.07, 6.45) is 1.51. The Morgan fingerprint density at radius 1 is 0.862 bits per heavy atom. The number of aryl methyl sites for hydroxylation is 2. The van der Waals surface area contributed by atoms with E-state index in [9.17, 15) is 4.79 Å². The largest absolute Gasteiger partial charge is 0.368 e. The minimum atomic E-state index is -0.157. The number of hydrogen-bond donors (Lipinski definition) is 1. The summed E-state index contributed by atoms with van der Waals surface area (Å²) >= 11 is 0. The van der Waals surface area contributed by atoms with Crippen LogP contribution in [0.15, 0.2) is 60.9 Å². The molecule has 6 nitrogen and oxygen atoms in total. The van der Waals surface area contributed by atoms with E-state index in [1.165, 1.54) is 12.0 Å². The molecule has 148 valence electrons. The van der Waals surface area contributed by atoms with Gasteiger partial charge in [-0.25, -0.2) is 9.97 Å². The van der Waals surface area contributed by atoms with Crippen molar-refractivity contribution in [3.8, 4) is 0 Å². The zero-order valence-corrected chi connectivity index (χ0v) is 16.8. The van der Waals surface area contributed by atoms with Gasteiger partial charge in [0.05, 0.1) is 0 Å². The fourth-order valence-corrected chi connectivity index (χ4v) is 3.72. The highest BCUT2D eigenvalue weighted by Crippen LogP contribution is 2.20. The fourth-order valence-electron chi connectivity index (χ4n) is 3.72. The molecule has 2 aromatic carbocycles. The Morgan fingerprint density at radius 3 is 2.21 bits per heavy atom. The van der Waals surface area contributed by atoms with Crippen molar-refractivity contribution < 1.29 is 4.79 Å². The van der Waals surface area contributed by atoms with E-state index in [2.05, 4.69) is 55.4 Å². The number of anilines is 3. The number of carbonyl (C=O) groups is 1. The van der Waals surface area contributed by atoms with Crippen molar-refractivity contribution in [2.45, 2.75) is 13.8 Å². The number of amides is 1. The van der Waals surface area contributed by atoms with Gasteiger partial charge in [-0.1, -0.05) is 35.4 Å². The molecule has 29 heavy (non-hydrogen) atoms. The summed E-state index contributed by atoms with van der Waals surface area (Å²) in [5.74, 6) is 1.20. The molecular formula is C23H25N5O. The third kappa shape index (κ3) is 4.54. The average molecular weight is 387 g/mol. The predicted molar refractivity (Wildman–Crippen MR) is 117 cm³/mol. The van der Waals surface area contributed by atoms with Gasteiger partial charge < -0.3 is 15.1 Å². The molecule has 1 aromatic heterocycles. The Labute approximate surface area is 171 Å². The lowest BCUT2D eigenvalue weighted by molar-refractivity contribution is 0.102. The molecule has 1 aliphatic rings. The first-order valence-electron chi connectivity index (χ1n) is 9.85. The highest BCUT2D eigenvalue weighted by atomic mass is 16.1. The Kier molecular flexibility index (Phi) is 5.42. The van der Waals surface area contributed by atoms with Crippen LogP contribution in [0.5, 0.6) is 0 Å². The van der Waals surface area contributed by atoms with Crippen LogP contribution in [0.1, 0.15) is 21.5 Å². The molecule has 0 spiro atoms. The van der Waals surface area contributed by atoms with Gasteiger partial charge in [0.2, 0.25) is 0 Å². The topological polar surface area (TPSA) is 61.4 Å². The number of rotatable bonds is 4. The van der Waals surface area contributed by atoms with Crippen LogP contribution in [0.2, 0.25) is 0 Å². The summed E-state index contributed by atoms with van der Waals surface area (Å²) in [6, 6.07) is 18.1. The monoisotopic (exact) mass is 387 g/mol. The van der Waals surface area contributed by atoms with Gasteiger partial charge in [-0.15, -0.1) is 0 Å². The standard InChI is InChI=1S/C23H25N5O/c1-17-12-18(2)14-19(13-17)23(29)26-21-15-22(25-16-24-21)28-10-8-27(9-11-28)20-6-4-3-5-7-20/h3-7,12-16H,8-11H2,1-2H3,(H,24,25,26,29). The predicted octanol–water partition coefficient (Wildman–Crippen LogP) is 3.67. The van der Waals surface area contributed by atoms with Crippen molar-refractivity contribution in [1.29, 1.82) is 0 Å². The normalized spacial score (nSPS) is 14.0. The number of nitrogens with zero attached hydrogens (tertiary/aromatic N) is 4. The zero-order chi connectivity index (χ0) is 20.2. The van der Waals surface area contributed by atoms with Gasteiger partial charge in [-0.2, -0.15) is 0 Å². The van der Waals surface area contributed by atoms with Gasteiger partial charge in [0.15, 0.2) is 0 Å². The summed E-state index contributed by atoms with van der Waals surface area (Å²) in [5, 5.41) is 2.90. The Morgan fingerprint density at radius 2 is 1.52 bits per heavy atom. The maximum absolute atomic E-state index is 12.6. The third-order valence-electron chi connectivity index (χ3n) is 5.10. The molecule has 0 unspecified atom stereocenters. The molecule has 6 heteroatoms. The van der Waals surface area contributed by atoms with Crippen LogP contribution in [0.3, 0.4) is 0 Å². The molecule has 4 rings (SSSR count). The van der Waals surface area contributed by atoms with E-state index in [1.54, 1.807) is 0 Å². The van der Waals surface area contributed by atoms with Crippen LogP contribution in [-0.4, -0.2) is 42.1 Å².